The van der Waals surface area contributed by atoms with Crippen LogP contribution in [0.2, 0.25) is 0 Å². The van der Waals surface area contributed by atoms with Gasteiger partial charge in [-0.3, -0.25) is 4.90 Å². The lowest BCUT2D eigenvalue weighted by molar-refractivity contribution is -0.251. The minimum atomic E-state index is -0.802. The number of nitrogens with two attached hydrogens (primary N) is 1. The van der Waals surface area contributed by atoms with Gasteiger partial charge in [0.05, 0.1) is 11.0 Å². The second-order valence-corrected chi connectivity index (χ2v) is 8.24. The average Bonchev–Trinajstić information content (AvgIpc) is 2.91. The summed E-state index contributed by atoms with van der Waals surface area (Å²) in [5.41, 5.74) is 5.27. The van der Waals surface area contributed by atoms with Crippen LogP contribution in [0.4, 0.5) is 0 Å². The molecule has 0 aromatic carbocycles. The summed E-state index contributed by atoms with van der Waals surface area (Å²) in [6.45, 7) is 5.61. The van der Waals surface area contributed by atoms with Crippen LogP contribution in [-0.4, -0.2) is 52.0 Å². The van der Waals surface area contributed by atoms with E-state index >= 15 is 0 Å². The number of ether oxygens (including phenoxy) is 1. The van der Waals surface area contributed by atoms with Gasteiger partial charge in [-0.05, 0) is 44.2 Å². The highest BCUT2D eigenvalue weighted by atomic mass is 16.5. The summed E-state index contributed by atoms with van der Waals surface area (Å²) in [6.07, 6.45) is 8.85. The van der Waals surface area contributed by atoms with E-state index in [0.29, 0.717) is 18.1 Å². The fraction of sp³-hybridized carbons (Fsp3) is 0.684. The number of likely N-dealkylation sites (tertiary alicyclic amines) is 1. The quantitative estimate of drug-likeness (QED) is 0.668. The number of allylic oxidation sites excluding steroid dienone is 3. The highest BCUT2D eigenvalue weighted by Crippen LogP contribution is 2.69. The van der Waals surface area contributed by atoms with Crippen molar-refractivity contribution in [2.75, 3.05) is 13.1 Å². The first-order valence-electron chi connectivity index (χ1n) is 9.14. The Balaban J connectivity index is 1.70. The fourth-order valence-corrected chi connectivity index (χ4v) is 6.66. The number of aliphatic hydroxyl groups excluding tert-OH is 1. The summed E-state index contributed by atoms with van der Waals surface area (Å²) in [5.74, 6) is 1.26. The molecule has 4 fully saturated rings. The first-order chi connectivity index (χ1) is 11.5. The third kappa shape index (κ3) is 1.48. The monoisotopic (exact) mass is 330 g/mol. The Morgan fingerprint density at radius 2 is 2.29 bits per heavy atom. The zero-order valence-corrected chi connectivity index (χ0v) is 13.9. The Bertz CT molecular complexity index is 659. The van der Waals surface area contributed by atoms with Gasteiger partial charge in [-0.25, -0.2) is 0 Å². The summed E-state index contributed by atoms with van der Waals surface area (Å²) in [5, 5.41) is 22.3. The molecular formula is C19H26N2O3. The van der Waals surface area contributed by atoms with Gasteiger partial charge in [-0.15, -0.1) is 6.58 Å². The molecule has 0 aromatic rings. The van der Waals surface area contributed by atoms with Gasteiger partial charge in [0.2, 0.25) is 0 Å². The molecule has 2 bridgehead atoms. The predicted molar refractivity (Wildman–Crippen MR) is 90.0 cm³/mol. The van der Waals surface area contributed by atoms with Crippen LogP contribution in [-0.2, 0) is 4.74 Å². The van der Waals surface area contributed by atoms with Crippen molar-refractivity contribution in [3.05, 3.63) is 36.3 Å². The van der Waals surface area contributed by atoms with Crippen LogP contribution in [0.15, 0.2) is 36.3 Å². The van der Waals surface area contributed by atoms with E-state index in [2.05, 4.69) is 17.6 Å². The number of rotatable bonds is 2. The Kier molecular flexibility index (Phi) is 2.91. The molecule has 3 aliphatic carbocycles. The van der Waals surface area contributed by atoms with Gasteiger partial charge in [0.15, 0.2) is 5.76 Å². The van der Waals surface area contributed by atoms with E-state index in [-0.39, 0.29) is 35.3 Å². The van der Waals surface area contributed by atoms with E-state index in [9.17, 15) is 10.2 Å². The van der Waals surface area contributed by atoms with E-state index in [4.69, 9.17) is 10.5 Å². The molecule has 1 spiro atoms. The number of nitrogens with zero attached hydrogens (tertiary/aromatic N) is 1. The maximum absolute atomic E-state index is 12.0. The van der Waals surface area contributed by atoms with Crippen molar-refractivity contribution in [2.45, 2.75) is 49.5 Å². The van der Waals surface area contributed by atoms with Gasteiger partial charge in [-0.1, -0.05) is 12.2 Å². The minimum Gasteiger partial charge on any atom is -0.504 e. The molecule has 0 aromatic heterocycles. The average molecular weight is 330 g/mol. The summed E-state index contributed by atoms with van der Waals surface area (Å²) in [6, 6.07) is 0.0230. The van der Waals surface area contributed by atoms with Crippen molar-refractivity contribution in [1.29, 1.82) is 0 Å². The Hall–Kier alpha value is -1.30. The van der Waals surface area contributed by atoms with Crippen molar-refractivity contribution in [3.8, 4) is 0 Å². The molecule has 0 radical (unpaired) electrons. The highest BCUT2D eigenvalue weighted by molar-refractivity contribution is 5.38. The van der Waals surface area contributed by atoms with Crippen LogP contribution < -0.4 is 5.73 Å². The lowest BCUT2D eigenvalue weighted by atomic mass is 9.44. The van der Waals surface area contributed by atoms with Crippen LogP contribution in [0.3, 0.4) is 0 Å². The molecule has 2 saturated carbocycles. The fourth-order valence-electron chi connectivity index (χ4n) is 6.66. The largest absolute Gasteiger partial charge is 0.504 e. The van der Waals surface area contributed by atoms with Crippen molar-refractivity contribution in [3.63, 3.8) is 0 Å². The summed E-state index contributed by atoms with van der Waals surface area (Å²) in [4.78, 5) is 2.38. The number of hydrogen-bond donors (Lipinski definition) is 3. The van der Waals surface area contributed by atoms with E-state index in [1.807, 2.05) is 6.08 Å². The van der Waals surface area contributed by atoms with Gasteiger partial charge in [-0.2, -0.15) is 0 Å². The molecule has 2 aliphatic heterocycles. The Labute approximate surface area is 142 Å². The topological polar surface area (TPSA) is 79.0 Å². The van der Waals surface area contributed by atoms with Gasteiger partial charge >= 0.3 is 0 Å². The summed E-state index contributed by atoms with van der Waals surface area (Å²) < 4.78 is 6.27. The molecule has 3 unspecified atom stereocenters. The first kappa shape index (κ1) is 15.0. The van der Waals surface area contributed by atoms with Crippen LogP contribution >= 0.6 is 0 Å². The predicted octanol–water partition coefficient (Wildman–Crippen LogP) is 1.46. The molecule has 2 saturated heterocycles. The van der Waals surface area contributed by atoms with Gasteiger partial charge in [0, 0.05) is 24.5 Å². The van der Waals surface area contributed by atoms with Gasteiger partial charge in [0.25, 0.3) is 0 Å². The van der Waals surface area contributed by atoms with Gasteiger partial charge in [0.1, 0.15) is 11.9 Å². The Morgan fingerprint density at radius 1 is 1.46 bits per heavy atom. The molecule has 24 heavy (non-hydrogen) atoms. The molecule has 5 nitrogen and oxygen atoms in total. The van der Waals surface area contributed by atoms with Crippen LogP contribution in [0.25, 0.3) is 0 Å². The zero-order valence-electron chi connectivity index (χ0n) is 13.9. The Morgan fingerprint density at radius 3 is 3.08 bits per heavy atom. The van der Waals surface area contributed by atoms with Crippen molar-refractivity contribution in [2.24, 2.45) is 23.0 Å². The molecule has 5 rings (SSSR count). The lowest BCUT2D eigenvalue weighted by Crippen LogP contribution is -2.77. The molecule has 5 aliphatic rings. The van der Waals surface area contributed by atoms with E-state index in [1.54, 1.807) is 6.08 Å². The lowest BCUT2D eigenvalue weighted by Gasteiger charge is -2.66. The third-order valence-corrected chi connectivity index (χ3v) is 7.50. The van der Waals surface area contributed by atoms with Crippen LogP contribution in [0, 0.1) is 17.3 Å². The standard InChI is InChI=1S/C19H26N2O3/c1-2-8-21-9-7-18-15-11-3-4-13(22)16(15)24-17(18)12(20)5-6-19(18,23)14(21)10-11/h2-4,11-12,14-15,17,22-23H,1,5-10,20H2/t11?,12?,14-,15?,17+,18+,19-/m1/s1. The van der Waals surface area contributed by atoms with Crippen molar-refractivity contribution >= 4 is 0 Å². The zero-order chi connectivity index (χ0) is 16.7. The molecule has 130 valence electrons. The smallest absolute Gasteiger partial charge is 0.153 e. The molecule has 0 amide bonds. The van der Waals surface area contributed by atoms with Crippen LogP contribution in [0.5, 0.6) is 0 Å². The SMILES string of the molecule is C=CCN1CC[C@@]23C4C5=C(O)C=CC4C[C@@H]1[C@]2(O)CCC(N)[C@@H]3O5. The second-order valence-electron chi connectivity index (χ2n) is 8.24. The maximum atomic E-state index is 12.0. The number of aliphatic hydroxyl groups is 2. The molecule has 5 heteroatoms. The maximum Gasteiger partial charge on any atom is 0.153 e. The van der Waals surface area contributed by atoms with Crippen LogP contribution in [0.1, 0.15) is 25.7 Å². The van der Waals surface area contributed by atoms with E-state index in [0.717, 1.165) is 32.4 Å². The molecule has 7 atom stereocenters. The van der Waals surface area contributed by atoms with Crippen molar-refractivity contribution in [1.82, 2.24) is 4.90 Å². The van der Waals surface area contributed by atoms with E-state index < -0.39 is 5.60 Å². The van der Waals surface area contributed by atoms with Crippen molar-refractivity contribution < 1.29 is 14.9 Å². The molecule has 2 heterocycles. The molecule has 4 N–H and O–H groups in total. The minimum absolute atomic E-state index is 0.0611. The molecular weight excluding hydrogens is 304 g/mol. The second kappa shape index (κ2) is 4.65. The normalized spacial score (nSPS) is 52.0. The number of piperidine rings is 1. The summed E-state index contributed by atoms with van der Waals surface area (Å²) >= 11 is 0. The third-order valence-electron chi connectivity index (χ3n) is 7.50. The van der Waals surface area contributed by atoms with E-state index in [1.165, 1.54) is 0 Å². The first-order valence-corrected chi connectivity index (χ1v) is 9.14. The summed E-state index contributed by atoms with van der Waals surface area (Å²) in [7, 11) is 0. The number of hydrogen-bond acceptors (Lipinski definition) is 5. The van der Waals surface area contributed by atoms with Gasteiger partial charge < -0.3 is 20.7 Å². The highest BCUT2D eigenvalue weighted by Gasteiger charge is 2.76.